The van der Waals surface area contributed by atoms with Crippen molar-refractivity contribution in [2.24, 2.45) is 16.9 Å². The van der Waals surface area contributed by atoms with E-state index in [1.807, 2.05) is 84.9 Å². The van der Waals surface area contributed by atoms with Crippen molar-refractivity contribution in [3.05, 3.63) is 149 Å². The summed E-state index contributed by atoms with van der Waals surface area (Å²) in [6, 6.07) is 34.2. The Morgan fingerprint density at radius 2 is 1.40 bits per heavy atom. The molecule has 5 aromatic carbocycles. The summed E-state index contributed by atoms with van der Waals surface area (Å²) in [5, 5.41) is 6.25. The molecule has 1 N–H and O–H groups in total. The molecule has 9 rings (SSSR count). The molecular weight excluding hydrogens is 541 g/mol. The lowest BCUT2D eigenvalue weighted by Crippen LogP contribution is -2.54. The van der Waals surface area contributed by atoms with Gasteiger partial charge in [-0.1, -0.05) is 84.9 Å². The van der Waals surface area contributed by atoms with Crippen LogP contribution in [0.5, 0.6) is 0 Å². The van der Waals surface area contributed by atoms with Crippen LogP contribution in [0.1, 0.15) is 38.5 Å². The average Bonchev–Trinajstić information content (AvgIpc) is 3.31. The minimum Gasteiger partial charge on any atom is -0.274 e. The highest BCUT2D eigenvalue weighted by molar-refractivity contribution is 6.25. The second kappa shape index (κ2) is 9.29. The fourth-order valence-corrected chi connectivity index (χ4v) is 7.57. The van der Waals surface area contributed by atoms with Crippen LogP contribution in [-0.2, 0) is 15.0 Å². The lowest BCUT2D eigenvalue weighted by Gasteiger charge is -2.52. The molecule has 7 heteroatoms. The molecule has 1 saturated heterocycles. The molecule has 0 saturated carbocycles. The first-order valence-corrected chi connectivity index (χ1v) is 14.2. The normalized spacial score (nSPS) is 23.4. The van der Waals surface area contributed by atoms with Crippen molar-refractivity contribution in [2.45, 2.75) is 11.3 Å². The Labute approximate surface area is 246 Å². The van der Waals surface area contributed by atoms with Gasteiger partial charge in [-0.15, -0.1) is 0 Å². The standard InChI is InChI=1S/C36H24FN3O3/c37-22-16-18-23(19-17-22)40-34(42)31-30-26-11-3-5-14-28(26)36(32(31)35(40)43,29-15-6-4-12-27(29)30)20-38-39-33(41)25-13-7-9-21-8-1-2-10-24(21)25/h1-20,30-32H,(H,39,41)/b38-20-/t30?,31-,32-,36?/m1/s1. The lowest BCUT2D eigenvalue weighted by atomic mass is 9.47. The molecule has 2 bridgehead atoms. The summed E-state index contributed by atoms with van der Waals surface area (Å²) in [7, 11) is 0. The quantitative estimate of drug-likeness (QED) is 0.166. The number of nitrogens with one attached hydrogen (secondary N) is 1. The Morgan fingerprint density at radius 3 is 2.12 bits per heavy atom. The van der Waals surface area contributed by atoms with Crippen molar-refractivity contribution in [3.63, 3.8) is 0 Å². The highest BCUT2D eigenvalue weighted by Gasteiger charge is 2.68. The van der Waals surface area contributed by atoms with Gasteiger partial charge in [0.2, 0.25) is 11.8 Å². The van der Waals surface area contributed by atoms with Crippen LogP contribution in [0, 0.1) is 17.7 Å². The van der Waals surface area contributed by atoms with Crippen molar-refractivity contribution < 1.29 is 18.8 Å². The number of imide groups is 1. The summed E-state index contributed by atoms with van der Waals surface area (Å²) in [6.45, 7) is 0. The van der Waals surface area contributed by atoms with Crippen LogP contribution < -0.4 is 10.3 Å². The largest absolute Gasteiger partial charge is 0.274 e. The molecule has 43 heavy (non-hydrogen) atoms. The van der Waals surface area contributed by atoms with E-state index in [4.69, 9.17) is 0 Å². The topological polar surface area (TPSA) is 78.8 Å². The molecule has 0 unspecified atom stereocenters. The molecule has 4 aliphatic rings. The Balaban J connectivity index is 1.28. The van der Waals surface area contributed by atoms with E-state index in [1.165, 1.54) is 29.2 Å². The number of rotatable bonds is 4. The van der Waals surface area contributed by atoms with Crippen LogP contribution >= 0.6 is 0 Å². The monoisotopic (exact) mass is 565 g/mol. The SMILES string of the molecule is O=C(N/N=C\C12c3ccccc3C(c3ccccc31)[C@H]1C(=O)N(c3ccc(F)cc3)C(=O)[C@@H]12)c1cccc2ccccc12. The van der Waals surface area contributed by atoms with Crippen molar-refractivity contribution >= 4 is 40.4 Å². The Morgan fingerprint density at radius 1 is 0.767 bits per heavy atom. The molecule has 0 spiro atoms. The highest BCUT2D eigenvalue weighted by atomic mass is 19.1. The van der Waals surface area contributed by atoms with Gasteiger partial charge < -0.3 is 0 Å². The molecule has 1 aliphatic heterocycles. The highest BCUT2D eigenvalue weighted by Crippen LogP contribution is 2.63. The van der Waals surface area contributed by atoms with E-state index in [0.29, 0.717) is 11.3 Å². The maximum atomic E-state index is 14.4. The Bertz CT molecular complexity index is 1970. The fraction of sp³-hybridized carbons (Fsp3) is 0.111. The van der Waals surface area contributed by atoms with Crippen LogP contribution in [0.2, 0.25) is 0 Å². The van der Waals surface area contributed by atoms with Gasteiger partial charge in [-0.2, -0.15) is 5.10 Å². The van der Waals surface area contributed by atoms with E-state index in [0.717, 1.165) is 33.0 Å². The van der Waals surface area contributed by atoms with Gasteiger partial charge in [-0.05, 0) is 63.4 Å². The third-order valence-electron chi connectivity index (χ3n) is 9.24. The molecule has 3 aliphatic carbocycles. The van der Waals surface area contributed by atoms with Crippen molar-refractivity contribution in [1.29, 1.82) is 0 Å². The van der Waals surface area contributed by atoms with Gasteiger partial charge in [-0.25, -0.2) is 14.7 Å². The number of benzene rings is 5. The van der Waals surface area contributed by atoms with Crippen LogP contribution in [-0.4, -0.2) is 23.9 Å². The van der Waals surface area contributed by atoms with Crippen LogP contribution in [0.4, 0.5) is 10.1 Å². The summed E-state index contributed by atoms with van der Waals surface area (Å²) in [6.07, 6.45) is 1.64. The molecule has 1 heterocycles. The number of hydrogen-bond acceptors (Lipinski definition) is 4. The predicted molar refractivity (Wildman–Crippen MR) is 161 cm³/mol. The maximum absolute atomic E-state index is 14.4. The molecule has 0 radical (unpaired) electrons. The van der Waals surface area contributed by atoms with Crippen molar-refractivity contribution in [1.82, 2.24) is 5.43 Å². The summed E-state index contributed by atoms with van der Waals surface area (Å²) in [5.74, 6) is -3.37. The minimum atomic E-state index is -1.12. The van der Waals surface area contributed by atoms with Gasteiger partial charge >= 0.3 is 0 Å². The third kappa shape index (κ3) is 3.45. The van der Waals surface area contributed by atoms with Gasteiger partial charge in [0.15, 0.2) is 0 Å². The van der Waals surface area contributed by atoms with E-state index >= 15 is 0 Å². The molecule has 0 aromatic heterocycles. The number of hydrazone groups is 1. The van der Waals surface area contributed by atoms with Crippen LogP contribution in [0.15, 0.2) is 120 Å². The predicted octanol–water partition coefficient (Wildman–Crippen LogP) is 5.95. The van der Waals surface area contributed by atoms with E-state index in [2.05, 4.69) is 10.5 Å². The summed E-state index contributed by atoms with van der Waals surface area (Å²) >= 11 is 0. The van der Waals surface area contributed by atoms with Gasteiger partial charge in [0, 0.05) is 17.7 Å². The number of carbonyl (C=O) groups excluding carboxylic acids is 3. The zero-order valence-corrected chi connectivity index (χ0v) is 22.8. The molecule has 5 aromatic rings. The average molecular weight is 566 g/mol. The summed E-state index contributed by atoms with van der Waals surface area (Å²) in [5.41, 5.74) is 6.06. The lowest BCUT2D eigenvalue weighted by molar-refractivity contribution is -0.122. The zero-order valence-electron chi connectivity index (χ0n) is 22.8. The summed E-state index contributed by atoms with van der Waals surface area (Å²) in [4.78, 5) is 43.2. The second-order valence-electron chi connectivity index (χ2n) is 11.2. The number of fused-ring (bicyclic) bond motifs is 1. The Kier molecular flexibility index (Phi) is 5.46. The first kappa shape index (κ1) is 25.3. The third-order valence-corrected chi connectivity index (χ3v) is 9.24. The number of hydrogen-bond donors (Lipinski definition) is 1. The van der Waals surface area contributed by atoms with E-state index in [-0.39, 0.29) is 23.6 Å². The molecule has 2 atom stereocenters. The van der Waals surface area contributed by atoms with Crippen LogP contribution in [0.25, 0.3) is 10.8 Å². The first-order valence-electron chi connectivity index (χ1n) is 14.2. The number of carbonyl (C=O) groups is 3. The first-order chi connectivity index (χ1) is 21.0. The number of nitrogens with zero attached hydrogens (tertiary/aromatic N) is 2. The van der Waals surface area contributed by atoms with Crippen molar-refractivity contribution in [3.8, 4) is 0 Å². The van der Waals surface area contributed by atoms with Crippen molar-refractivity contribution in [2.75, 3.05) is 4.90 Å². The molecule has 208 valence electrons. The van der Waals surface area contributed by atoms with Gasteiger partial charge in [0.1, 0.15) is 5.82 Å². The summed E-state index contributed by atoms with van der Waals surface area (Å²) < 4.78 is 13.8. The molecule has 3 amide bonds. The molecule has 1 fully saturated rings. The molecule has 6 nitrogen and oxygen atoms in total. The van der Waals surface area contributed by atoms with E-state index in [9.17, 15) is 18.8 Å². The van der Waals surface area contributed by atoms with E-state index < -0.39 is 23.1 Å². The minimum absolute atomic E-state index is 0.326. The maximum Gasteiger partial charge on any atom is 0.271 e. The smallest absolute Gasteiger partial charge is 0.271 e. The van der Waals surface area contributed by atoms with Gasteiger partial charge in [0.05, 0.1) is 22.9 Å². The number of anilines is 1. The number of amides is 3. The molecular formula is C36H24FN3O3. The fourth-order valence-electron chi connectivity index (χ4n) is 7.57. The number of halogens is 1. The zero-order chi connectivity index (χ0) is 29.3. The van der Waals surface area contributed by atoms with Gasteiger partial charge in [-0.3, -0.25) is 14.4 Å². The van der Waals surface area contributed by atoms with E-state index in [1.54, 1.807) is 12.3 Å². The Hall–Kier alpha value is -5.43. The van der Waals surface area contributed by atoms with Crippen LogP contribution in [0.3, 0.4) is 0 Å². The van der Waals surface area contributed by atoms with Gasteiger partial charge in [0.25, 0.3) is 5.91 Å². The second-order valence-corrected chi connectivity index (χ2v) is 11.2.